The number of carbonyl (C=O) groups excluding carboxylic acids is 2. The molecular formula is C25H25NO5S. The summed E-state index contributed by atoms with van der Waals surface area (Å²) < 4.78 is 19.2. The SMILES string of the molecule is CSc1ccccc1C(=O)OCC(=O)c1cc(C)n(CC2COc3ccccc3O2)c1C. The van der Waals surface area contributed by atoms with Crippen LogP contribution in [0.1, 0.15) is 32.1 Å². The Morgan fingerprint density at radius 1 is 1.06 bits per heavy atom. The molecule has 1 aliphatic heterocycles. The number of ketones is 1. The maximum absolute atomic E-state index is 12.8. The molecule has 7 heteroatoms. The Hall–Kier alpha value is -3.19. The molecule has 0 N–H and O–H groups in total. The third-order valence-corrected chi connectivity index (χ3v) is 6.28. The third kappa shape index (κ3) is 4.53. The van der Waals surface area contributed by atoms with Gasteiger partial charge in [0.25, 0.3) is 0 Å². The molecule has 0 saturated heterocycles. The number of benzene rings is 2. The molecule has 1 atom stereocenters. The summed E-state index contributed by atoms with van der Waals surface area (Å²) in [6.45, 7) is 4.52. The van der Waals surface area contributed by atoms with Crippen molar-refractivity contribution < 1.29 is 23.8 Å². The predicted molar refractivity (Wildman–Crippen MR) is 123 cm³/mol. The van der Waals surface area contributed by atoms with Crippen LogP contribution in [0, 0.1) is 13.8 Å². The van der Waals surface area contributed by atoms with Crippen molar-refractivity contribution in [1.82, 2.24) is 4.57 Å². The molecule has 0 bridgehead atoms. The van der Waals surface area contributed by atoms with E-state index in [9.17, 15) is 9.59 Å². The van der Waals surface area contributed by atoms with Crippen molar-refractivity contribution in [2.45, 2.75) is 31.4 Å². The summed E-state index contributed by atoms with van der Waals surface area (Å²) in [5.41, 5.74) is 2.77. The molecule has 0 spiro atoms. The number of carbonyl (C=O) groups is 2. The lowest BCUT2D eigenvalue weighted by Crippen LogP contribution is -2.33. The molecule has 166 valence electrons. The lowest BCUT2D eigenvalue weighted by molar-refractivity contribution is 0.0471. The second kappa shape index (κ2) is 9.53. The van der Waals surface area contributed by atoms with Gasteiger partial charge in [0, 0.05) is 21.8 Å². The highest BCUT2D eigenvalue weighted by Crippen LogP contribution is 2.31. The molecule has 3 aromatic rings. The Kier molecular flexibility index (Phi) is 6.55. The van der Waals surface area contributed by atoms with E-state index >= 15 is 0 Å². The first-order chi connectivity index (χ1) is 15.5. The van der Waals surface area contributed by atoms with Crippen molar-refractivity contribution in [2.75, 3.05) is 19.5 Å². The minimum Gasteiger partial charge on any atom is -0.486 e. The predicted octanol–water partition coefficient (Wildman–Crippen LogP) is 4.71. The molecule has 2 aromatic carbocycles. The van der Waals surface area contributed by atoms with E-state index in [1.54, 1.807) is 12.1 Å². The zero-order chi connectivity index (χ0) is 22.7. The normalized spacial score (nSPS) is 14.8. The zero-order valence-corrected chi connectivity index (χ0v) is 19.1. The molecule has 0 saturated carbocycles. The molecule has 32 heavy (non-hydrogen) atoms. The maximum atomic E-state index is 12.8. The zero-order valence-electron chi connectivity index (χ0n) is 18.3. The standard InChI is InChI=1S/C25H25NO5S/c1-16-12-20(21(27)15-30-25(28)19-8-4-7-11-24(19)32-3)17(2)26(16)13-18-14-29-22-9-5-6-10-23(22)31-18/h4-12,18H,13-15H2,1-3H3. The lowest BCUT2D eigenvalue weighted by atomic mass is 10.1. The summed E-state index contributed by atoms with van der Waals surface area (Å²) in [5.74, 6) is 0.736. The second-order valence-corrected chi connectivity index (χ2v) is 8.44. The van der Waals surface area contributed by atoms with Crippen LogP contribution in [-0.4, -0.2) is 41.9 Å². The molecule has 0 amide bonds. The number of para-hydroxylation sites is 2. The fourth-order valence-electron chi connectivity index (χ4n) is 3.82. The summed E-state index contributed by atoms with van der Waals surface area (Å²) in [6.07, 6.45) is 1.73. The Morgan fingerprint density at radius 2 is 1.78 bits per heavy atom. The quantitative estimate of drug-likeness (QED) is 0.295. The first-order valence-corrected chi connectivity index (χ1v) is 11.6. The van der Waals surface area contributed by atoms with E-state index in [0.717, 1.165) is 27.8 Å². The van der Waals surface area contributed by atoms with Gasteiger partial charge in [-0.3, -0.25) is 4.79 Å². The highest BCUT2D eigenvalue weighted by Gasteiger charge is 2.24. The Morgan fingerprint density at radius 3 is 2.56 bits per heavy atom. The third-order valence-electron chi connectivity index (χ3n) is 5.49. The second-order valence-electron chi connectivity index (χ2n) is 7.59. The van der Waals surface area contributed by atoms with Gasteiger partial charge >= 0.3 is 5.97 Å². The summed E-state index contributed by atoms with van der Waals surface area (Å²) in [6, 6.07) is 16.6. The highest BCUT2D eigenvalue weighted by atomic mass is 32.2. The first kappa shape index (κ1) is 22.0. The fraction of sp³-hybridized carbons (Fsp3) is 0.280. The smallest absolute Gasteiger partial charge is 0.339 e. The van der Waals surface area contributed by atoms with E-state index in [-0.39, 0.29) is 18.5 Å². The van der Waals surface area contributed by atoms with Crippen LogP contribution in [0.3, 0.4) is 0 Å². The van der Waals surface area contributed by atoms with Gasteiger partial charge in [-0.2, -0.15) is 0 Å². The monoisotopic (exact) mass is 451 g/mol. The minimum atomic E-state index is -0.497. The number of hydrogen-bond acceptors (Lipinski definition) is 6. The molecule has 0 aliphatic carbocycles. The van der Waals surface area contributed by atoms with E-state index in [4.69, 9.17) is 14.2 Å². The number of ether oxygens (including phenoxy) is 3. The number of hydrogen-bond donors (Lipinski definition) is 0. The molecular weight excluding hydrogens is 426 g/mol. The van der Waals surface area contributed by atoms with Gasteiger partial charge in [-0.05, 0) is 50.4 Å². The van der Waals surface area contributed by atoms with Gasteiger partial charge in [-0.1, -0.05) is 24.3 Å². The molecule has 4 rings (SSSR count). The Bertz CT molecular complexity index is 1150. The maximum Gasteiger partial charge on any atom is 0.339 e. The number of nitrogens with zero attached hydrogens (tertiary/aromatic N) is 1. The van der Waals surface area contributed by atoms with Crippen LogP contribution in [0.5, 0.6) is 11.5 Å². The summed E-state index contributed by atoms with van der Waals surface area (Å²) >= 11 is 1.46. The fourth-order valence-corrected chi connectivity index (χ4v) is 4.41. The van der Waals surface area contributed by atoms with E-state index in [2.05, 4.69) is 0 Å². The number of esters is 1. The number of aromatic nitrogens is 1. The Labute approximate surface area is 191 Å². The molecule has 1 aliphatic rings. The van der Waals surface area contributed by atoms with Crippen molar-refractivity contribution in [3.8, 4) is 11.5 Å². The average molecular weight is 452 g/mol. The molecule has 0 fully saturated rings. The number of thioether (sulfide) groups is 1. The van der Waals surface area contributed by atoms with Gasteiger partial charge in [0.2, 0.25) is 5.78 Å². The van der Waals surface area contributed by atoms with Crippen LogP contribution >= 0.6 is 11.8 Å². The Balaban J connectivity index is 1.42. The number of rotatable bonds is 7. The lowest BCUT2D eigenvalue weighted by Gasteiger charge is -2.27. The highest BCUT2D eigenvalue weighted by molar-refractivity contribution is 7.98. The number of Topliss-reactive ketones (excluding diaryl/α,β-unsaturated/α-hetero) is 1. The summed E-state index contributed by atoms with van der Waals surface area (Å²) in [7, 11) is 0. The largest absolute Gasteiger partial charge is 0.486 e. The topological polar surface area (TPSA) is 66.8 Å². The van der Waals surface area contributed by atoms with E-state index < -0.39 is 5.97 Å². The van der Waals surface area contributed by atoms with Gasteiger partial charge in [0.05, 0.1) is 12.1 Å². The molecule has 1 unspecified atom stereocenters. The molecule has 2 heterocycles. The van der Waals surface area contributed by atoms with Crippen LogP contribution in [-0.2, 0) is 11.3 Å². The van der Waals surface area contributed by atoms with Crippen molar-refractivity contribution in [3.63, 3.8) is 0 Å². The molecule has 0 radical (unpaired) electrons. The molecule has 6 nitrogen and oxygen atoms in total. The van der Waals surface area contributed by atoms with Gasteiger partial charge < -0.3 is 18.8 Å². The van der Waals surface area contributed by atoms with Gasteiger partial charge in [-0.25, -0.2) is 4.79 Å². The van der Waals surface area contributed by atoms with E-state index in [1.807, 2.05) is 67.1 Å². The minimum absolute atomic E-state index is 0.168. The van der Waals surface area contributed by atoms with Crippen LogP contribution in [0.2, 0.25) is 0 Å². The van der Waals surface area contributed by atoms with Crippen LogP contribution in [0.25, 0.3) is 0 Å². The van der Waals surface area contributed by atoms with Gasteiger partial charge in [0.15, 0.2) is 24.2 Å². The van der Waals surface area contributed by atoms with Gasteiger partial charge in [-0.15, -0.1) is 11.8 Å². The van der Waals surface area contributed by atoms with Crippen LogP contribution in [0.15, 0.2) is 59.5 Å². The van der Waals surface area contributed by atoms with E-state index in [1.165, 1.54) is 11.8 Å². The van der Waals surface area contributed by atoms with Crippen LogP contribution in [0.4, 0.5) is 0 Å². The van der Waals surface area contributed by atoms with Crippen molar-refractivity contribution in [1.29, 1.82) is 0 Å². The number of aryl methyl sites for hydroxylation is 1. The van der Waals surface area contributed by atoms with E-state index in [0.29, 0.717) is 24.3 Å². The van der Waals surface area contributed by atoms with Crippen molar-refractivity contribution >= 4 is 23.5 Å². The van der Waals surface area contributed by atoms with Crippen LogP contribution < -0.4 is 9.47 Å². The first-order valence-electron chi connectivity index (χ1n) is 10.4. The number of fused-ring (bicyclic) bond motifs is 1. The average Bonchev–Trinajstić information content (AvgIpc) is 3.10. The summed E-state index contributed by atoms with van der Waals surface area (Å²) in [4.78, 5) is 26.1. The van der Waals surface area contributed by atoms with Crippen molar-refractivity contribution in [3.05, 3.63) is 77.1 Å². The summed E-state index contributed by atoms with van der Waals surface area (Å²) in [5, 5.41) is 0. The van der Waals surface area contributed by atoms with Gasteiger partial charge in [0.1, 0.15) is 6.61 Å². The van der Waals surface area contributed by atoms with Crippen molar-refractivity contribution in [2.24, 2.45) is 0 Å². The molecule has 1 aromatic heterocycles.